The van der Waals surface area contributed by atoms with Crippen molar-refractivity contribution in [3.63, 3.8) is 0 Å². The molecule has 2 N–H and O–H groups in total. The number of para-hydroxylation sites is 1. The SMILES string of the molecule is CSC1CCC(NCc2cccc3c2NCCC3)CC1. The van der Waals surface area contributed by atoms with E-state index in [1.165, 1.54) is 55.3 Å². The number of rotatable bonds is 4. The summed E-state index contributed by atoms with van der Waals surface area (Å²) in [7, 11) is 0. The zero-order chi connectivity index (χ0) is 13.8. The number of hydrogen-bond donors (Lipinski definition) is 2. The fourth-order valence-corrected chi connectivity index (χ4v) is 4.23. The maximum absolute atomic E-state index is 3.78. The molecule has 1 heterocycles. The third kappa shape index (κ3) is 3.32. The standard InChI is InChI=1S/C17H26N2S/c1-20-16-9-7-15(8-10-16)19-12-14-5-2-4-13-6-3-11-18-17(13)14/h2,4-5,15-16,18-19H,3,6-12H2,1H3. The molecule has 1 fully saturated rings. The molecule has 0 amide bonds. The number of hydrogen-bond acceptors (Lipinski definition) is 3. The lowest BCUT2D eigenvalue weighted by Crippen LogP contribution is -2.33. The highest BCUT2D eigenvalue weighted by Crippen LogP contribution is 2.29. The zero-order valence-electron chi connectivity index (χ0n) is 12.5. The Bertz CT molecular complexity index is 439. The van der Waals surface area contributed by atoms with Crippen LogP contribution in [-0.4, -0.2) is 24.1 Å². The van der Waals surface area contributed by atoms with Crippen LogP contribution < -0.4 is 10.6 Å². The van der Waals surface area contributed by atoms with Crippen LogP contribution in [0.3, 0.4) is 0 Å². The molecular weight excluding hydrogens is 264 g/mol. The minimum Gasteiger partial charge on any atom is -0.385 e. The zero-order valence-corrected chi connectivity index (χ0v) is 13.3. The lowest BCUT2D eigenvalue weighted by Gasteiger charge is -2.29. The van der Waals surface area contributed by atoms with Crippen molar-refractivity contribution in [3.05, 3.63) is 29.3 Å². The molecule has 20 heavy (non-hydrogen) atoms. The first-order chi connectivity index (χ1) is 9.86. The molecule has 0 radical (unpaired) electrons. The quantitative estimate of drug-likeness (QED) is 0.882. The van der Waals surface area contributed by atoms with Gasteiger partial charge in [-0.05, 0) is 55.9 Å². The van der Waals surface area contributed by atoms with Crippen molar-refractivity contribution < 1.29 is 0 Å². The van der Waals surface area contributed by atoms with Crippen LogP contribution in [0.15, 0.2) is 18.2 Å². The third-order valence-corrected chi connectivity index (χ3v) is 5.89. The van der Waals surface area contributed by atoms with Gasteiger partial charge in [0.2, 0.25) is 0 Å². The summed E-state index contributed by atoms with van der Waals surface area (Å²) in [6, 6.07) is 7.48. The van der Waals surface area contributed by atoms with E-state index in [0.717, 1.165) is 24.4 Å². The highest BCUT2D eigenvalue weighted by atomic mass is 32.2. The molecule has 1 aliphatic heterocycles. The Morgan fingerprint density at radius 1 is 1.25 bits per heavy atom. The van der Waals surface area contributed by atoms with Crippen LogP contribution in [0.25, 0.3) is 0 Å². The molecular formula is C17H26N2S. The Hall–Kier alpha value is -0.670. The minimum atomic E-state index is 0.720. The van der Waals surface area contributed by atoms with Gasteiger partial charge in [-0.25, -0.2) is 0 Å². The van der Waals surface area contributed by atoms with Crippen molar-refractivity contribution in [2.45, 2.75) is 56.4 Å². The van der Waals surface area contributed by atoms with E-state index in [0.29, 0.717) is 0 Å². The Morgan fingerprint density at radius 2 is 2.10 bits per heavy atom. The average Bonchev–Trinajstić information content (AvgIpc) is 2.53. The van der Waals surface area contributed by atoms with Crippen molar-refractivity contribution in [3.8, 4) is 0 Å². The summed E-state index contributed by atoms with van der Waals surface area (Å²) in [5.74, 6) is 0. The summed E-state index contributed by atoms with van der Waals surface area (Å²) < 4.78 is 0. The number of aryl methyl sites for hydroxylation is 1. The van der Waals surface area contributed by atoms with Crippen molar-refractivity contribution in [2.75, 3.05) is 18.1 Å². The van der Waals surface area contributed by atoms with Gasteiger partial charge in [-0.3, -0.25) is 0 Å². The van der Waals surface area contributed by atoms with Crippen LogP contribution in [-0.2, 0) is 13.0 Å². The summed E-state index contributed by atoms with van der Waals surface area (Å²) in [6.07, 6.45) is 10.2. The van der Waals surface area contributed by atoms with E-state index in [1.54, 1.807) is 0 Å². The molecule has 0 unspecified atom stereocenters. The van der Waals surface area contributed by atoms with Crippen molar-refractivity contribution in [2.24, 2.45) is 0 Å². The van der Waals surface area contributed by atoms with Gasteiger partial charge in [0.1, 0.15) is 0 Å². The molecule has 1 aromatic rings. The van der Waals surface area contributed by atoms with Gasteiger partial charge in [0.05, 0.1) is 0 Å². The number of nitrogens with one attached hydrogen (secondary N) is 2. The first-order valence-electron chi connectivity index (χ1n) is 7.97. The van der Waals surface area contributed by atoms with E-state index >= 15 is 0 Å². The second-order valence-electron chi connectivity index (χ2n) is 6.07. The van der Waals surface area contributed by atoms with Crippen LogP contribution in [0.4, 0.5) is 5.69 Å². The van der Waals surface area contributed by atoms with E-state index in [-0.39, 0.29) is 0 Å². The normalized spacial score (nSPS) is 25.9. The molecule has 0 atom stereocenters. The molecule has 2 aliphatic rings. The van der Waals surface area contributed by atoms with Crippen LogP contribution in [0, 0.1) is 0 Å². The maximum atomic E-state index is 3.78. The molecule has 3 heteroatoms. The van der Waals surface area contributed by atoms with Gasteiger partial charge < -0.3 is 10.6 Å². The predicted octanol–water partition coefficient (Wildman–Crippen LogP) is 3.81. The van der Waals surface area contributed by atoms with E-state index in [4.69, 9.17) is 0 Å². The van der Waals surface area contributed by atoms with Crippen molar-refractivity contribution in [1.29, 1.82) is 0 Å². The Morgan fingerprint density at radius 3 is 2.90 bits per heavy atom. The lowest BCUT2D eigenvalue weighted by atomic mass is 9.94. The van der Waals surface area contributed by atoms with Gasteiger partial charge in [0.15, 0.2) is 0 Å². The smallest absolute Gasteiger partial charge is 0.0418 e. The number of anilines is 1. The Kier molecular flexibility index (Phi) is 4.90. The van der Waals surface area contributed by atoms with Crippen LogP contribution in [0.5, 0.6) is 0 Å². The van der Waals surface area contributed by atoms with Crippen LogP contribution >= 0.6 is 11.8 Å². The number of thioether (sulfide) groups is 1. The highest BCUT2D eigenvalue weighted by molar-refractivity contribution is 7.99. The number of benzene rings is 1. The monoisotopic (exact) mass is 290 g/mol. The molecule has 1 saturated carbocycles. The average molecular weight is 290 g/mol. The van der Waals surface area contributed by atoms with Gasteiger partial charge in [0, 0.05) is 30.1 Å². The topological polar surface area (TPSA) is 24.1 Å². The maximum Gasteiger partial charge on any atom is 0.0418 e. The van der Waals surface area contributed by atoms with Gasteiger partial charge in [-0.1, -0.05) is 18.2 Å². The first kappa shape index (κ1) is 14.3. The van der Waals surface area contributed by atoms with E-state index in [2.05, 4.69) is 35.1 Å². The van der Waals surface area contributed by atoms with E-state index < -0.39 is 0 Å². The van der Waals surface area contributed by atoms with Gasteiger partial charge in [0.25, 0.3) is 0 Å². The van der Waals surface area contributed by atoms with Gasteiger partial charge in [-0.2, -0.15) is 11.8 Å². The molecule has 110 valence electrons. The lowest BCUT2D eigenvalue weighted by molar-refractivity contribution is 0.379. The van der Waals surface area contributed by atoms with E-state index in [9.17, 15) is 0 Å². The third-order valence-electron chi connectivity index (χ3n) is 4.75. The highest BCUT2D eigenvalue weighted by Gasteiger charge is 2.20. The van der Waals surface area contributed by atoms with Crippen LogP contribution in [0.1, 0.15) is 43.2 Å². The molecule has 3 rings (SSSR count). The predicted molar refractivity (Wildman–Crippen MR) is 89.7 cm³/mol. The molecule has 0 aromatic heterocycles. The van der Waals surface area contributed by atoms with E-state index in [1.807, 2.05) is 11.8 Å². The Balaban J connectivity index is 1.56. The molecule has 0 spiro atoms. The molecule has 0 saturated heterocycles. The second-order valence-corrected chi connectivity index (χ2v) is 7.21. The molecule has 0 bridgehead atoms. The van der Waals surface area contributed by atoms with Crippen molar-refractivity contribution in [1.82, 2.24) is 5.32 Å². The number of fused-ring (bicyclic) bond motifs is 1. The molecule has 1 aliphatic carbocycles. The van der Waals surface area contributed by atoms with Crippen LogP contribution in [0.2, 0.25) is 0 Å². The molecule has 2 nitrogen and oxygen atoms in total. The fourth-order valence-electron chi connectivity index (χ4n) is 3.49. The molecule has 1 aromatic carbocycles. The first-order valence-corrected chi connectivity index (χ1v) is 9.26. The second kappa shape index (κ2) is 6.86. The summed E-state index contributed by atoms with van der Waals surface area (Å²) in [4.78, 5) is 0. The van der Waals surface area contributed by atoms with Crippen molar-refractivity contribution >= 4 is 17.4 Å². The summed E-state index contributed by atoms with van der Waals surface area (Å²) in [6.45, 7) is 2.15. The van der Waals surface area contributed by atoms with Gasteiger partial charge in [-0.15, -0.1) is 0 Å². The summed E-state index contributed by atoms with van der Waals surface area (Å²) >= 11 is 2.04. The minimum absolute atomic E-state index is 0.720. The summed E-state index contributed by atoms with van der Waals surface area (Å²) in [5.41, 5.74) is 4.36. The van der Waals surface area contributed by atoms with Gasteiger partial charge >= 0.3 is 0 Å². The summed E-state index contributed by atoms with van der Waals surface area (Å²) in [5, 5.41) is 8.28. The largest absolute Gasteiger partial charge is 0.385 e. The fraction of sp³-hybridized carbons (Fsp3) is 0.647. The Labute approximate surface area is 127 Å².